The van der Waals surface area contributed by atoms with Crippen LogP contribution in [-0.4, -0.2) is 54.8 Å². The molecule has 3 aromatic heterocycles. The first kappa shape index (κ1) is 22.2. The highest BCUT2D eigenvalue weighted by Crippen LogP contribution is 2.42. The van der Waals surface area contributed by atoms with E-state index >= 15 is 0 Å². The molecule has 0 bridgehead atoms. The molecule has 4 heterocycles. The van der Waals surface area contributed by atoms with Crippen molar-refractivity contribution in [3.05, 3.63) is 66.1 Å². The summed E-state index contributed by atoms with van der Waals surface area (Å²) in [6, 6.07) is 5.72. The quantitative estimate of drug-likeness (QED) is 0.421. The van der Waals surface area contributed by atoms with Crippen LogP contribution < -0.4 is 0 Å². The largest absolute Gasteiger partial charge is 0.507 e. The van der Waals surface area contributed by atoms with Gasteiger partial charge in [-0.3, -0.25) is 9.88 Å². The molecule has 0 radical (unpaired) electrons. The molecule has 1 fully saturated rings. The predicted molar refractivity (Wildman–Crippen MR) is 130 cm³/mol. The third kappa shape index (κ3) is 3.94. The number of fused-ring (bicyclic) bond motifs is 1. The van der Waals surface area contributed by atoms with Gasteiger partial charge in [0.25, 0.3) is 0 Å². The predicted octanol–water partition coefficient (Wildman–Crippen LogP) is 3.96. The number of pyridine rings is 1. The highest BCUT2D eigenvalue weighted by molar-refractivity contribution is 6.09. The molecule has 8 heteroatoms. The monoisotopic (exact) mass is 459 g/mol. The van der Waals surface area contributed by atoms with Crippen LogP contribution in [0.3, 0.4) is 0 Å². The van der Waals surface area contributed by atoms with Crippen LogP contribution in [-0.2, 0) is 24.9 Å². The number of hydrogen-bond acceptors (Lipinski definition) is 6. The van der Waals surface area contributed by atoms with E-state index in [9.17, 15) is 9.90 Å². The Morgan fingerprint density at radius 1 is 1.12 bits per heavy atom. The molecule has 0 unspecified atom stereocenters. The Labute approximate surface area is 198 Å². The number of aromatic hydroxyl groups is 1. The van der Waals surface area contributed by atoms with Gasteiger partial charge in [-0.25, -0.2) is 9.78 Å². The molecule has 34 heavy (non-hydrogen) atoms. The minimum atomic E-state index is -0.356. The van der Waals surface area contributed by atoms with Gasteiger partial charge in [0.05, 0.1) is 30.6 Å². The van der Waals surface area contributed by atoms with E-state index in [-0.39, 0.29) is 18.3 Å². The van der Waals surface area contributed by atoms with Gasteiger partial charge in [-0.05, 0) is 56.6 Å². The third-order valence-electron chi connectivity index (χ3n) is 6.63. The maximum absolute atomic E-state index is 13.3. The lowest BCUT2D eigenvalue weighted by Crippen LogP contribution is -2.22. The fraction of sp³-hybridized carbons (Fsp3) is 0.346. The van der Waals surface area contributed by atoms with Crippen molar-refractivity contribution < 1.29 is 14.6 Å². The first-order valence-corrected chi connectivity index (χ1v) is 11.7. The second kappa shape index (κ2) is 9.30. The van der Waals surface area contributed by atoms with E-state index in [1.165, 1.54) is 0 Å². The van der Waals surface area contributed by atoms with Crippen LogP contribution in [0, 0.1) is 0 Å². The second-order valence-corrected chi connectivity index (χ2v) is 8.70. The van der Waals surface area contributed by atoms with Crippen molar-refractivity contribution in [2.45, 2.75) is 32.9 Å². The summed E-state index contributed by atoms with van der Waals surface area (Å²) < 4.78 is 9.50. The smallest absolute Gasteiger partial charge is 0.340 e. The molecule has 0 amide bonds. The molecule has 5 rings (SSSR count). The molecule has 176 valence electrons. The summed E-state index contributed by atoms with van der Waals surface area (Å²) in [6.45, 7) is 5.17. The number of rotatable bonds is 7. The molecule has 1 aromatic carbocycles. The Kier molecular flexibility index (Phi) is 6.06. The van der Waals surface area contributed by atoms with Crippen LogP contribution >= 0.6 is 0 Å². The first-order valence-electron chi connectivity index (χ1n) is 11.7. The van der Waals surface area contributed by atoms with Gasteiger partial charge in [0.2, 0.25) is 0 Å². The Morgan fingerprint density at radius 2 is 1.88 bits per heavy atom. The van der Waals surface area contributed by atoms with Crippen LogP contribution in [0.4, 0.5) is 0 Å². The van der Waals surface area contributed by atoms with E-state index in [1.807, 2.05) is 42.9 Å². The lowest BCUT2D eigenvalue weighted by Gasteiger charge is -2.16. The molecule has 1 N–H and O–H groups in total. The Bertz CT molecular complexity index is 1310. The van der Waals surface area contributed by atoms with Crippen LogP contribution in [0.15, 0.2) is 49.3 Å². The lowest BCUT2D eigenvalue weighted by atomic mass is 9.96. The van der Waals surface area contributed by atoms with E-state index in [2.05, 4.69) is 19.4 Å². The number of imidazole rings is 1. The van der Waals surface area contributed by atoms with E-state index in [4.69, 9.17) is 4.74 Å². The van der Waals surface area contributed by atoms with E-state index in [0.29, 0.717) is 29.8 Å². The van der Waals surface area contributed by atoms with Crippen LogP contribution in [0.25, 0.3) is 22.0 Å². The van der Waals surface area contributed by atoms with Gasteiger partial charge in [-0.2, -0.15) is 0 Å². The van der Waals surface area contributed by atoms with Gasteiger partial charge < -0.3 is 19.0 Å². The van der Waals surface area contributed by atoms with Crippen molar-refractivity contribution in [3.63, 3.8) is 0 Å². The Morgan fingerprint density at radius 3 is 2.56 bits per heavy atom. The molecule has 0 spiro atoms. The number of likely N-dealkylation sites (tertiary alicyclic amines) is 1. The molecule has 4 aromatic rings. The fourth-order valence-electron chi connectivity index (χ4n) is 4.94. The minimum Gasteiger partial charge on any atom is -0.507 e. The number of ether oxygens (including phenoxy) is 1. The number of carbonyl (C=O) groups is 1. The van der Waals surface area contributed by atoms with Gasteiger partial charge in [-0.1, -0.05) is 0 Å². The van der Waals surface area contributed by atoms with E-state index in [1.54, 1.807) is 24.9 Å². The zero-order valence-corrected chi connectivity index (χ0v) is 19.6. The molecular formula is C26H29N5O3. The summed E-state index contributed by atoms with van der Waals surface area (Å²) in [6.07, 6.45) is 11.0. The summed E-state index contributed by atoms with van der Waals surface area (Å²) >= 11 is 0. The molecule has 1 saturated heterocycles. The van der Waals surface area contributed by atoms with Gasteiger partial charge in [-0.15, -0.1) is 0 Å². The topological polar surface area (TPSA) is 85.4 Å². The maximum atomic E-state index is 13.3. The van der Waals surface area contributed by atoms with E-state index in [0.717, 1.165) is 48.1 Å². The van der Waals surface area contributed by atoms with Crippen LogP contribution in [0.5, 0.6) is 5.75 Å². The molecule has 1 aliphatic heterocycles. The van der Waals surface area contributed by atoms with E-state index < -0.39 is 0 Å². The number of esters is 1. The molecule has 0 aliphatic carbocycles. The number of benzene rings is 1. The maximum Gasteiger partial charge on any atom is 0.340 e. The molecular weight excluding hydrogens is 430 g/mol. The van der Waals surface area contributed by atoms with Crippen molar-refractivity contribution >= 4 is 16.9 Å². The lowest BCUT2D eigenvalue weighted by molar-refractivity contribution is 0.0526. The molecule has 0 atom stereocenters. The summed E-state index contributed by atoms with van der Waals surface area (Å²) in [5.74, 6) is -0.207. The Balaban J connectivity index is 1.80. The third-order valence-corrected chi connectivity index (χ3v) is 6.63. The van der Waals surface area contributed by atoms with Gasteiger partial charge in [0.1, 0.15) is 5.75 Å². The molecule has 1 aliphatic rings. The number of phenols is 1. The number of hydrogen-bond donors (Lipinski definition) is 1. The average Bonchev–Trinajstić information content (AvgIpc) is 3.59. The van der Waals surface area contributed by atoms with Gasteiger partial charge in [0.15, 0.2) is 0 Å². The summed E-state index contributed by atoms with van der Waals surface area (Å²) in [5.41, 5.74) is 4.58. The van der Waals surface area contributed by atoms with Crippen molar-refractivity contribution in [2.75, 3.05) is 19.7 Å². The normalized spacial score (nSPS) is 14.2. The van der Waals surface area contributed by atoms with Crippen molar-refractivity contribution in [1.82, 2.24) is 24.0 Å². The molecule has 0 saturated carbocycles. The minimum absolute atomic E-state index is 0.149. The number of aromatic nitrogens is 4. The zero-order valence-electron chi connectivity index (χ0n) is 19.6. The van der Waals surface area contributed by atoms with Gasteiger partial charge >= 0.3 is 5.97 Å². The molecule has 8 nitrogen and oxygen atoms in total. The number of nitrogens with zero attached hydrogens (tertiary/aromatic N) is 5. The summed E-state index contributed by atoms with van der Waals surface area (Å²) in [4.78, 5) is 24.0. The standard InChI is InChI=1S/C26H29N5O3/c1-3-34-26(33)24-22(16-30-11-4-5-12-30)29(2)21-14-19(18-6-8-27-9-7-18)25(32)20(23(21)24)15-31-13-10-28-17-31/h6-10,13-14,17,32H,3-5,11-12,15-16H2,1-2H3. The summed E-state index contributed by atoms with van der Waals surface area (Å²) in [5, 5.41) is 12.3. The Hall–Kier alpha value is -3.65. The average molecular weight is 460 g/mol. The highest BCUT2D eigenvalue weighted by Gasteiger charge is 2.29. The number of carbonyl (C=O) groups excluding carboxylic acids is 1. The van der Waals surface area contributed by atoms with Gasteiger partial charge in [0, 0.05) is 60.6 Å². The second-order valence-electron chi connectivity index (χ2n) is 8.70. The number of aryl methyl sites for hydroxylation is 1. The zero-order chi connectivity index (χ0) is 23.7. The van der Waals surface area contributed by atoms with Crippen LogP contribution in [0.2, 0.25) is 0 Å². The van der Waals surface area contributed by atoms with Crippen molar-refractivity contribution in [2.24, 2.45) is 7.05 Å². The van der Waals surface area contributed by atoms with Crippen LogP contribution in [0.1, 0.15) is 41.4 Å². The summed E-state index contributed by atoms with van der Waals surface area (Å²) in [7, 11) is 1.99. The highest BCUT2D eigenvalue weighted by atomic mass is 16.5. The SMILES string of the molecule is CCOC(=O)c1c(CN2CCCC2)n(C)c2cc(-c3ccncc3)c(O)c(Cn3ccnc3)c12. The van der Waals surface area contributed by atoms with Crippen molar-refractivity contribution in [3.8, 4) is 16.9 Å². The van der Waals surface area contributed by atoms with Crippen molar-refractivity contribution in [1.29, 1.82) is 0 Å². The first-order chi connectivity index (χ1) is 16.6. The number of phenolic OH excluding ortho intramolecular Hbond substituents is 1. The fourth-order valence-corrected chi connectivity index (χ4v) is 4.94.